The molecule has 0 unspecified atom stereocenters. The number of nitrogens with two attached hydrogens (primary N) is 1. The minimum absolute atomic E-state index is 0.0947. The second kappa shape index (κ2) is 5.42. The Labute approximate surface area is 125 Å². The number of likely N-dealkylation sites (N-methyl/N-ethyl adjacent to an activating group) is 1. The van der Waals surface area contributed by atoms with Crippen molar-refractivity contribution in [3.63, 3.8) is 0 Å². The zero-order chi connectivity index (χ0) is 15.9. The largest absolute Gasteiger partial charge is 0.452 e. The average molecular weight is 314 g/mol. The topological polar surface area (TPSA) is 67.7 Å². The minimum Gasteiger partial charge on any atom is -0.402 e. The molecular formula is C14H17F3N4O. The summed E-state index contributed by atoms with van der Waals surface area (Å²) < 4.78 is 43.7. The third kappa shape index (κ3) is 2.63. The molecule has 0 saturated heterocycles. The molecule has 1 aromatic heterocycles. The first-order chi connectivity index (χ1) is 10.4. The van der Waals surface area contributed by atoms with Crippen molar-refractivity contribution in [1.82, 2.24) is 10.1 Å². The average Bonchev–Trinajstić information content (AvgIpc) is 2.76. The van der Waals surface area contributed by atoms with Gasteiger partial charge >= 0.3 is 6.18 Å². The molecular weight excluding hydrogens is 297 g/mol. The van der Waals surface area contributed by atoms with Crippen LogP contribution in [0.4, 0.5) is 13.2 Å². The quantitative estimate of drug-likeness (QED) is 0.860. The lowest BCUT2D eigenvalue weighted by Gasteiger charge is -2.26. The molecule has 2 aliphatic heterocycles. The summed E-state index contributed by atoms with van der Waals surface area (Å²) in [6, 6.07) is 0. The van der Waals surface area contributed by atoms with Gasteiger partial charge < -0.3 is 15.2 Å². The van der Waals surface area contributed by atoms with E-state index in [2.05, 4.69) is 19.6 Å². The first kappa shape index (κ1) is 15.1. The number of aromatic nitrogens is 1. The van der Waals surface area contributed by atoms with Gasteiger partial charge in [-0.3, -0.25) is 4.99 Å². The minimum atomic E-state index is -4.54. The maximum atomic E-state index is 13.0. The van der Waals surface area contributed by atoms with Crippen LogP contribution in [0.3, 0.4) is 0 Å². The Kier molecular flexibility index (Phi) is 3.72. The lowest BCUT2D eigenvalue weighted by atomic mass is 9.96. The molecule has 3 heterocycles. The predicted molar refractivity (Wildman–Crippen MR) is 74.6 cm³/mol. The van der Waals surface area contributed by atoms with Crippen molar-refractivity contribution >= 4 is 5.71 Å². The zero-order valence-corrected chi connectivity index (χ0v) is 12.2. The Morgan fingerprint density at radius 3 is 2.77 bits per heavy atom. The van der Waals surface area contributed by atoms with Crippen molar-refractivity contribution in [2.75, 3.05) is 26.7 Å². The van der Waals surface area contributed by atoms with E-state index in [1.54, 1.807) is 0 Å². The van der Waals surface area contributed by atoms with E-state index in [-0.39, 0.29) is 17.7 Å². The normalized spacial score (nSPS) is 20.6. The molecule has 0 amide bonds. The summed E-state index contributed by atoms with van der Waals surface area (Å²) >= 11 is 0. The highest BCUT2D eigenvalue weighted by Crippen LogP contribution is 2.36. The van der Waals surface area contributed by atoms with Gasteiger partial charge in [-0.25, -0.2) is 0 Å². The van der Waals surface area contributed by atoms with E-state index >= 15 is 0 Å². The Balaban J connectivity index is 2.08. The number of alkyl halides is 3. The van der Waals surface area contributed by atoms with Gasteiger partial charge in [0, 0.05) is 42.9 Å². The van der Waals surface area contributed by atoms with Crippen LogP contribution in [-0.4, -0.2) is 42.5 Å². The second-order valence-electron chi connectivity index (χ2n) is 5.66. The molecule has 3 rings (SSSR count). The molecule has 0 bridgehead atoms. The summed E-state index contributed by atoms with van der Waals surface area (Å²) in [5.41, 5.74) is 8.24. The smallest absolute Gasteiger partial charge is 0.402 e. The molecule has 0 atom stereocenters. The molecule has 120 valence electrons. The van der Waals surface area contributed by atoms with Gasteiger partial charge in [0.1, 0.15) is 5.69 Å². The summed E-state index contributed by atoms with van der Waals surface area (Å²) in [4.78, 5) is 6.49. The highest BCUT2D eigenvalue weighted by atomic mass is 19.4. The van der Waals surface area contributed by atoms with E-state index in [1.807, 2.05) is 7.05 Å². The van der Waals surface area contributed by atoms with Crippen molar-refractivity contribution in [3.8, 4) is 0 Å². The summed E-state index contributed by atoms with van der Waals surface area (Å²) in [6.07, 6.45) is -3.09. The monoisotopic (exact) mass is 314 g/mol. The van der Waals surface area contributed by atoms with Gasteiger partial charge in [-0.1, -0.05) is 5.16 Å². The number of aliphatic imine (C=N–C) groups is 1. The number of fused-ring (bicyclic) bond motifs is 1. The molecule has 0 aromatic carbocycles. The Morgan fingerprint density at radius 1 is 1.27 bits per heavy atom. The molecule has 0 saturated carbocycles. The fourth-order valence-corrected chi connectivity index (χ4v) is 2.85. The summed E-state index contributed by atoms with van der Waals surface area (Å²) in [7, 11) is 1.94. The van der Waals surface area contributed by atoms with E-state index in [0.29, 0.717) is 37.3 Å². The fourth-order valence-electron chi connectivity index (χ4n) is 2.85. The van der Waals surface area contributed by atoms with Crippen LogP contribution in [0, 0.1) is 0 Å². The van der Waals surface area contributed by atoms with Crippen LogP contribution in [-0.2, 0) is 12.6 Å². The second-order valence-corrected chi connectivity index (χ2v) is 5.66. The molecule has 5 nitrogen and oxygen atoms in total. The van der Waals surface area contributed by atoms with Crippen LogP contribution in [0.25, 0.3) is 0 Å². The van der Waals surface area contributed by atoms with Gasteiger partial charge in [-0.05, 0) is 19.9 Å². The number of rotatable bonds is 1. The Morgan fingerprint density at radius 2 is 2.05 bits per heavy atom. The van der Waals surface area contributed by atoms with E-state index in [4.69, 9.17) is 5.73 Å². The molecule has 22 heavy (non-hydrogen) atoms. The number of hydrogen-bond donors (Lipinski definition) is 1. The summed E-state index contributed by atoms with van der Waals surface area (Å²) in [6.45, 7) is 1.84. The van der Waals surface area contributed by atoms with E-state index in [9.17, 15) is 13.2 Å². The molecule has 0 aliphatic carbocycles. The lowest BCUT2D eigenvalue weighted by Crippen LogP contribution is -2.33. The van der Waals surface area contributed by atoms with Crippen LogP contribution in [0.2, 0.25) is 0 Å². The van der Waals surface area contributed by atoms with Gasteiger partial charge in [0.25, 0.3) is 0 Å². The highest BCUT2D eigenvalue weighted by molar-refractivity contribution is 6.13. The Hall–Kier alpha value is -1.83. The number of halogens is 3. The highest BCUT2D eigenvalue weighted by Gasteiger charge is 2.41. The number of nitrogens with zero attached hydrogens (tertiary/aromatic N) is 3. The van der Waals surface area contributed by atoms with Crippen LogP contribution in [0.1, 0.15) is 29.9 Å². The van der Waals surface area contributed by atoms with Crippen molar-refractivity contribution in [2.24, 2.45) is 10.7 Å². The standard InChI is InChI=1S/C14H17F3N4O/c1-21-6-4-10(18)9(7-21)11-12-8(3-2-5-19-11)13(22-20-12)14(15,16)17/h2-7,18H2,1H3. The van der Waals surface area contributed by atoms with Gasteiger partial charge in [-0.15, -0.1) is 0 Å². The van der Waals surface area contributed by atoms with Crippen LogP contribution in [0.5, 0.6) is 0 Å². The van der Waals surface area contributed by atoms with Crippen LogP contribution >= 0.6 is 0 Å². The molecule has 0 radical (unpaired) electrons. The molecule has 0 spiro atoms. The van der Waals surface area contributed by atoms with Crippen molar-refractivity contribution in [3.05, 3.63) is 28.3 Å². The van der Waals surface area contributed by atoms with Crippen molar-refractivity contribution in [1.29, 1.82) is 0 Å². The fraction of sp³-hybridized carbons (Fsp3) is 0.571. The molecule has 2 N–H and O–H groups in total. The van der Waals surface area contributed by atoms with Gasteiger partial charge in [-0.2, -0.15) is 13.2 Å². The van der Waals surface area contributed by atoms with Crippen molar-refractivity contribution < 1.29 is 17.7 Å². The zero-order valence-electron chi connectivity index (χ0n) is 12.2. The number of hydrogen-bond acceptors (Lipinski definition) is 5. The van der Waals surface area contributed by atoms with E-state index in [1.165, 1.54) is 0 Å². The van der Waals surface area contributed by atoms with E-state index in [0.717, 1.165) is 12.1 Å². The summed E-state index contributed by atoms with van der Waals surface area (Å²) in [5.74, 6) is -1.01. The SMILES string of the molecule is CN1CCC(N)=C(C2=NCCCc3c2noc3C(F)(F)F)C1. The Bertz CT molecular complexity index is 645. The summed E-state index contributed by atoms with van der Waals surface area (Å²) in [5, 5.41) is 3.67. The first-order valence-corrected chi connectivity index (χ1v) is 7.15. The predicted octanol–water partition coefficient (Wildman–Crippen LogP) is 1.98. The third-order valence-electron chi connectivity index (χ3n) is 3.99. The third-order valence-corrected chi connectivity index (χ3v) is 3.99. The maximum Gasteiger partial charge on any atom is 0.452 e. The first-order valence-electron chi connectivity index (χ1n) is 7.15. The molecule has 1 aromatic rings. The van der Waals surface area contributed by atoms with Gasteiger partial charge in [0.15, 0.2) is 0 Å². The van der Waals surface area contributed by atoms with Crippen LogP contribution < -0.4 is 5.73 Å². The lowest BCUT2D eigenvalue weighted by molar-refractivity contribution is -0.156. The van der Waals surface area contributed by atoms with Gasteiger partial charge in [0.2, 0.25) is 5.76 Å². The van der Waals surface area contributed by atoms with Gasteiger partial charge in [0.05, 0.1) is 5.71 Å². The molecule has 8 heteroatoms. The molecule has 2 aliphatic rings. The maximum absolute atomic E-state index is 13.0. The van der Waals surface area contributed by atoms with Crippen LogP contribution in [0.15, 0.2) is 20.8 Å². The van der Waals surface area contributed by atoms with E-state index < -0.39 is 11.9 Å². The van der Waals surface area contributed by atoms with Crippen molar-refractivity contribution in [2.45, 2.75) is 25.4 Å². The molecule has 0 fully saturated rings.